The van der Waals surface area contributed by atoms with E-state index in [9.17, 15) is 19.7 Å². The Morgan fingerprint density at radius 2 is 1.41 bits per heavy atom. The molecule has 0 fully saturated rings. The van der Waals surface area contributed by atoms with Crippen LogP contribution >= 0.6 is 0 Å². The van der Waals surface area contributed by atoms with Crippen LogP contribution < -0.4 is 9.47 Å². The van der Waals surface area contributed by atoms with E-state index < -0.39 is 10.9 Å². The van der Waals surface area contributed by atoms with Crippen molar-refractivity contribution < 1.29 is 28.7 Å². The summed E-state index contributed by atoms with van der Waals surface area (Å²) in [6.07, 6.45) is 20.5. The van der Waals surface area contributed by atoms with E-state index in [2.05, 4.69) is 19.1 Å². The molecule has 1 rings (SSSR count). The minimum Gasteiger partial charge on any atom is -0.493 e. The number of amides is 1. The fourth-order valence-corrected chi connectivity index (χ4v) is 4.22. The van der Waals surface area contributed by atoms with Gasteiger partial charge in [-0.2, -0.15) is 0 Å². The summed E-state index contributed by atoms with van der Waals surface area (Å²) in [6, 6.07) is 2.64. The number of rotatable bonds is 22. The summed E-state index contributed by atoms with van der Waals surface area (Å²) in [5, 5.41) is 11.4. The van der Waals surface area contributed by atoms with E-state index in [0.29, 0.717) is 12.2 Å². The predicted molar refractivity (Wildman–Crippen MR) is 153 cm³/mol. The molecule has 0 bridgehead atoms. The fraction of sp³-hybridized carbons (Fsp3) is 0.667. The zero-order valence-electron chi connectivity index (χ0n) is 24.4. The minimum atomic E-state index is -0.639. The maximum atomic E-state index is 12.4. The van der Waals surface area contributed by atoms with Crippen LogP contribution in [-0.4, -0.2) is 49.5 Å². The maximum absolute atomic E-state index is 12.4. The molecule has 39 heavy (non-hydrogen) atoms. The molecule has 0 spiro atoms. The first-order chi connectivity index (χ1) is 18.8. The van der Waals surface area contributed by atoms with Crippen molar-refractivity contribution in [2.45, 2.75) is 103 Å². The molecule has 0 aliphatic rings. The molecule has 0 atom stereocenters. The average Bonchev–Trinajstić information content (AvgIpc) is 2.93. The zero-order valence-corrected chi connectivity index (χ0v) is 24.4. The van der Waals surface area contributed by atoms with E-state index in [1.807, 2.05) is 0 Å². The summed E-state index contributed by atoms with van der Waals surface area (Å²) in [4.78, 5) is 36.8. The van der Waals surface area contributed by atoms with Crippen LogP contribution in [0, 0.1) is 10.1 Å². The van der Waals surface area contributed by atoms with Crippen molar-refractivity contribution in [3.8, 4) is 11.5 Å². The third-order valence-corrected chi connectivity index (χ3v) is 6.61. The first-order valence-corrected chi connectivity index (χ1v) is 14.3. The van der Waals surface area contributed by atoms with E-state index in [-0.39, 0.29) is 36.1 Å². The number of nitrogens with zero attached hydrogens (tertiary/aromatic N) is 2. The molecule has 0 radical (unpaired) electrons. The van der Waals surface area contributed by atoms with Crippen molar-refractivity contribution in [2.75, 3.05) is 27.8 Å². The van der Waals surface area contributed by atoms with Crippen LogP contribution in [0.2, 0.25) is 0 Å². The van der Waals surface area contributed by atoms with E-state index in [4.69, 9.17) is 14.2 Å². The Labute approximate surface area is 234 Å². The zero-order chi connectivity index (χ0) is 28.9. The number of nitro groups is 1. The summed E-state index contributed by atoms with van der Waals surface area (Å²) in [7, 11) is 4.35. The van der Waals surface area contributed by atoms with Crippen LogP contribution in [0.5, 0.6) is 11.5 Å². The number of allylic oxidation sites excluding steroid dienone is 2. The molecular formula is C30H48N2O7. The van der Waals surface area contributed by atoms with Crippen molar-refractivity contribution in [1.29, 1.82) is 0 Å². The molecule has 0 heterocycles. The van der Waals surface area contributed by atoms with Crippen molar-refractivity contribution in [1.82, 2.24) is 4.90 Å². The molecule has 0 saturated heterocycles. The second-order valence-corrected chi connectivity index (χ2v) is 9.84. The van der Waals surface area contributed by atoms with Gasteiger partial charge in [0.25, 0.3) is 5.69 Å². The molecule has 1 aromatic carbocycles. The van der Waals surface area contributed by atoms with Crippen molar-refractivity contribution in [3.63, 3.8) is 0 Å². The van der Waals surface area contributed by atoms with Crippen LogP contribution in [0.1, 0.15) is 102 Å². The number of methoxy groups -OCH3 is 2. The Bertz CT molecular complexity index is 902. The first kappa shape index (κ1) is 33.9. The van der Waals surface area contributed by atoms with Crippen molar-refractivity contribution >= 4 is 17.6 Å². The highest BCUT2D eigenvalue weighted by Gasteiger charge is 2.21. The number of nitro benzene ring substituents is 1. The van der Waals surface area contributed by atoms with Gasteiger partial charge in [0, 0.05) is 13.5 Å². The van der Waals surface area contributed by atoms with Crippen LogP contribution in [-0.2, 0) is 20.9 Å². The fourth-order valence-electron chi connectivity index (χ4n) is 4.22. The summed E-state index contributed by atoms with van der Waals surface area (Å²) in [6.45, 7) is 1.71. The molecule has 9 nitrogen and oxygen atoms in total. The van der Waals surface area contributed by atoms with Crippen molar-refractivity contribution in [2.24, 2.45) is 0 Å². The number of esters is 1. The lowest BCUT2D eigenvalue weighted by molar-refractivity contribution is -0.385. The molecule has 1 amide bonds. The molecule has 0 N–H and O–H groups in total. The van der Waals surface area contributed by atoms with Gasteiger partial charge in [0.05, 0.1) is 30.8 Å². The van der Waals surface area contributed by atoms with E-state index in [0.717, 1.165) is 32.1 Å². The van der Waals surface area contributed by atoms with Gasteiger partial charge in [-0.3, -0.25) is 19.7 Å². The number of likely N-dealkylation sites (N-methyl/N-ethyl adjacent to an activating group) is 1. The largest absolute Gasteiger partial charge is 0.493 e. The third kappa shape index (κ3) is 14.6. The molecule has 0 saturated carbocycles. The molecule has 0 aliphatic heterocycles. The highest BCUT2D eigenvalue weighted by molar-refractivity contribution is 5.81. The second-order valence-electron chi connectivity index (χ2n) is 9.84. The molecule has 220 valence electrons. The molecule has 0 unspecified atom stereocenters. The highest BCUT2D eigenvalue weighted by Crippen LogP contribution is 2.34. The van der Waals surface area contributed by atoms with Gasteiger partial charge >= 0.3 is 5.97 Å². The SMILES string of the molecule is CCCCCCCC/C=C\CCCCCCCC(=O)N(C)CC(=O)OCc1cc(OC)c(OC)cc1[N+](=O)[O-]. The summed E-state index contributed by atoms with van der Waals surface area (Å²) in [5.74, 6) is -0.261. The van der Waals surface area contributed by atoms with E-state index >= 15 is 0 Å². The summed E-state index contributed by atoms with van der Waals surface area (Å²) < 4.78 is 15.5. The quantitative estimate of drug-likeness (QED) is 0.0497. The Balaban J connectivity index is 2.21. The molecular weight excluding hydrogens is 500 g/mol. The van der Waals surface area contributed by atoms with Crippen LogP contribution in [0.25, 0.3) is 0 Å². The minimum absolute atomic E-state index is 0.123. The van der Waals surface area contributed by atoms with Crippen molar-refractivity contribution in [3.05, 3.63) is 40.0 Å². The monoisotopic (exact) mass is 548 g/mol. The lowest BCUT2D eigenvalue weighted by Crippen LogP contribution is -2.32. The number of benzene rings is 1. The molecule has 0 aliphatic carbocycles. The summed E-state index contributed by atoms with van der Waals surface area (Å²) in [5.41, 5.74) is -0.0673. The van der Waals surface area contributed by atoms with E-state index in [1.54, 1.807) is 7.05 Å². The number of carbonyl (C=O) groups excluding carboxylic acids is 2. The lowest BCUT2D eigenvalue weighted by atomic mass is 10.1. The molecule has 9 heteroatoms. The first-order valence-electron chi connectivity index (χ1n) is 14.3. The van der Waals surface area contributed by atoms with Gasteiger partial charge in [0.1, 0.15) is 13.2 Å². The molecule has 1 aromatic rings. The van der Waals surface area contributed by atoms with Crippen LogP contribution in [0.4, 0.5) is 5.69 Å². The number of carbonyl (C=O) groups is 2. The third-order valence-electron chi connectivity index (χ3n) is 6.61. The van der Waals surface area contributed by atoms with Gasteiger partial charge in [-0.25, -0.2) is 0 Å². The molecule has 0 aromatic heterocycles. The van der Waals surface area contributed by atoms with Crippen LogP contribution in [0.15, 0.2) is 24.3 Å². The lowest BCUT2D eigenvalue weighted by Gasteiger charge is -2.16. The topological polar surface area (TPSA) is 108 Å². The van der Waals surface area contributed by atoms with Gasteiger partial charge in [-0.15, -0.1) is 0 Å². The average molecular weight is 549 g/mol. The Hall–Kier alpha value is -3.10. The number of hydrogen-bond acceptors (Lipinski definition) is 7. The smallest absolute Gasteiger partial charge is 0.325 e. The Kier molecular flexibility index (Phi) is 18.1. The van der Waals surface area contributed by atoms with Gasteiger partial charge in [-0.05, 0) is 38.2 Å². The number of ether oxygens (including phenoxy) is 3. The standard InChI is InChI=1S/C30H48N2O7/c1-5-6-7-8-9-10-11-12-13-14-15-16-17-18-19-20-29(33)31(2)23-30(34)39-24-25-21-27(37-3)28(38-4)22-26(25)32(35)36/h12-13,21-22H,5-11,14-20,23-24H2,1-4H3/b13-12-. The highest BCUT2D eigenvalue weighted by atomic mass is 16.6. The van der Waals surface area contributed by atoms with Gasteiger partial charge in [0.15, 0.2) is 11.5 Å². The Morgan fingerprint density at radius 1 is 0.872 bits per heavy atom. The summed E-state index contributed by atoms with van der Waals surface area (Å²) >= 11 is 0. The second kappa shape index (κ2) is 20.8. The van der Waals surface area contributed by atoms with Crippen LogP contribution in [0.3, 0.4) is 0 Å². The normalized spacial score (nSPS) is 11.0. The van der Waals surface area contributed by atoms with Gasteiger partial charge < -0.3 is 19.1 Å². The number of hydrogen-bond donors (Lipinski definition) is 0. The Morgan fingerprint density at radius 3 is 1.97 bits per heavy atom. The number of unbranched alkanes of at least 4 members (excludes halogenated alkanes) is 11. The van der Waals surface area contributed by atoms with Gasteiger partial charge in [0.2, 0.25) is 5.91 Å². The maximum Gasteiger partial charge on any atom is 0.325 e. The predicted octanol–water partition coefficient (Wildman–Crippen LogP) is 7.15. The van der Waals surface area contributed by atoms with Gasteiger partial charge in [-0.1, -0.05) is 70.4 Å². The van der Waals surface area contributed by atoms with E-state index in [1.165, 1.54) is 82.6 Å².